The minimum atomic E-state index is -0.551. The fourth-order valence-corrected chi connectivity index (χ4v) is 3.74. The number of pyridine rings is 1. The predicted molar refractivity (Wildman–Crippen MR) is 124 cm³/mol. The predicted octanol–water partition coefficient (Wildman–Crippen LogP) is 4.59. The fraction of sp³-hybridized carbons (Fsp3) is 0.417. The highest BCUT2D eigenvalue weighted by molar-refractivity contribution is 6.13. The van der Waals surface area contributed by atoms with Crippen LogP contribution in [0.15, 0.2) is 24.3 Å². The molecule has 1 unspecified atom stereocenters. The molecule has 0 saturated carbocycles. The number of carbonyl (C=O) groups excluding carboxylic acids is 2. The zero-order valence-electron chi connectivity index (χ0n) is 19.5. The number of nitrogens with zero attached hydrogens (tertiary/aromatic N) is 3. The Morgan fingerprint density at radius 2 is 1.97 bits per heavy atom. The number of hydrogen-bond acceptors (Lipinski definition) is 5. The number of amides is 2. The Morgan fingerprint density at radius 1 is 1.25 bits per heavy atom. The largest absolute Gasteiger partial charge is 0.479 e. The van der Waals surface area contributed by atoms with Crippen LogP contribution in [0.5, 0.6) is 5.75 Å². The first-order valence-electron chi connectivity index (χ1n) is 10.8. The van der Waals surface area contributed by atoms with Gasteiger partial charge in [0, 0.05) is 11.4 Å². The number of aryl methyl sites for hydroxylation is 1. The van der Waals surface area contributed by atoms with Crippen molar-refractivity contribution in [2.75, 3.05) is 10.6 Å². The molecule has 1 aliphatic rings. The van der Waals surface area contributed by atoms with E-state index >= 15 is 0 Å². The molecule has 4 rings (SSSR count). The average molecular weight is 436 g/mol. The smallest absolute Gasteiger partial charge is 0.265 e. The molecule has 0 aliphatic carbocycles. The van der Waals surface area contributed by atoms with Crippen molar-refractivity contribution in [1.29, 1.82) is 0 Å². The van der Waals surface area contributed by atoms with Gasteiger partial charge in [-0.3, -0.25) is 9.59 Å². The van der Waals surface area contributed by atoms with Crippen molar-refractivity contribution in [2.24, 2.45) is 0 Å². The maximum Gasteiger partial charge on any atom is 0.265 e. The highest BCUT2D eigenvalue weighted by Crippen LogP contribution is 2.33. The van der Waals surface area contributed by atoms with Gasteiger partial charge in [0.25, 0.3) is 11.8 Å². The lowest BCUT2D eigenvalue weighted by Crippen LogP contribution is -2.34. The molecule has 1 atom stereocenters. The third kappa shape index (κ3) is 3.81. The minimum Gasteiger partial charge on any atom is -0.479 e. The molecule has 2 N–H and O–H groups in total. The Balaban J connectivity index is 1.76. The van der Waals surface area contributed by atoms with E-state index in [0.717, 1.165) is 16.8 Å². The molecule has 0 fully saturated rings. The summed E-state index contributed by atoms with van der Waals surface area (Å²) >= 11 is 0. The van der Waals surface area contributed by atoms with Crippen molar-refractivity contribution < 1.29 is 14.3 Å². The maximum atomic E-state index is 13.4. The third-order valence-electron chi connectivity index (χ3n) is 5.47. The average Bonchev–Trinajstić information content (AvgIpc) is 3.05. The number of anilines is 2. The normalized spacial score (nSPS) is 16.0. The molecule has 0 saturated heterocycles. The van der Waals surface area contributed by atoms with Crippen LogP contribution >= 0.6 is 0 Å². The van der Waals surface area contributed by atoms with Gasteiger partial charge in [-0.15, -0.1) is 0 Å². The van der Waals surface area contributed by atoms with E-state index in [9.17, 15) is 9.59 Å². The lowest BCUT2D eigenvalue weighted by Gasteiger charge is -2.23. The zero-order valence-corrected chi connectivity index (χ0v) is 19.5. The molecular formula is C24H29N5O3. The van der Waals surface area contributed by atoms with Gasteiger partial charge in [0.15, 0.2) is 11.8 Å². The van der Waals surface area contributed by atoms with E-state index in [1.54, 1.807) is 25.1 Å². The lowest BCUT2D eigenvalue weighted by atomic mass is 10.0. The first kappa shape index (κ1) is 21.8. The molecule has 32 heavy (non-hydrogen) atoms. The fourth-order valence-electron chi connectivity index (χ4n) is 3.74. The zero-order chi connectivity index (χ0) is 23.4. The summed E-state index contributed by atoms with van der Waals surface area (Å²) in [5.41, 5.74) is 3.62. The van der Waals surface area contributed by atoms with E-state index in [0.29, 0.717) is 28.3 Å². The van der Waals surface area contributed by atoms with Crippen LogP contribution in [-0.2, 0) is 10.3 Å². The van der Waals surface area contributed by atoms with Crippen LogP contribution in [0.25, 0.3) is 11.0 Å². The molecule has 2 amide bonds. The summed E-state index contributed by atoms with van der Waals surface area (Å²) < 4.78 is 7.48. The Bertz CT molecular complexity index is 1240. The van der Waals surface area contributed by atoms with Crippen LogP contribution < -0.4 is 15.4 Å². The van der Waals surface area contributed by atoms with Crippen molar-refractivity contribution in [1.82, 2.24) is 14.8 Å². The van der Waals surface area contributed by atoms with E-state index in [1.165, 1.54) is 0 Å². The molecule has 0 radical (unpaired) electrons. The summed E-state index contributed by atoms with van der Waals surface area (Å²) in [5.74, 6) is 0.245. The first-order chi connectivity index (χ1) is 15.0. The number of fused-ring (bicyclic) bond motifs is 2. The number of nitrogens with one attached hydrogen (secondary N) is 2. The molecule has 1 aromatic carbocycles. The van der Waals surface area contributed by atoms with Gasteiger partial charge >= 0.3 is 0 Å². The minimum absolute atomic E-state index is 0.146. The highest BCUT2D eigenvalue weighted by atomic mass is 16.5. The summed E-state index contributed by atoms with van der Waals surface area (Å²) in [6.45, 7) is 13.9. The topological polar surface area (TPSA) is 98.1 Å². The second kappa shape index (κ2) is 7.62. The van der Waals surface area contributed by atoms with Gasteiger partial charge in [0.1, 0.15) is 5.75 Å². The standard InChI is InChI=1S/C24H29N5O3/c1-12(2)17-11-16(20-13(3)28-29(21(20)26-17)24(5,6)7)23(31)25-15-8-9-19-18(10-15)27-22(30)14(4)32-19/h8-12,14H,1-7H3,(H,25,31)(H,27,30). The molecular weight excluding hydrogens is 406 g/mol. The van der Waals surface area contributed by atoms with Crippen molar-refractivity contribution in [3.63, 3.8) is 0 Å². The van der Waals surface area contributed by atoms with Gasteiger partial charge in [0.2, 0.25) is 0 Å². The van der Waals surface area contributed by atoms with E-state index in [-0.39, 0.29) is 23.3 Å². The molecule has 8 nitrogen and oxygen atoms in total. The molecule has 168 valence electrons. The third-order valence-corrected chi connectivity index (χ3v) is 5.47. The Kier molecular flexibility index (Phi) is 5.19. The van der Waals surface area contributed by atoms with Gasteiger partial charge in [-0.1, -0.05) is 13.8 Å². The van der Waals surface area contributed by atoms with E-state index < -0.39 is 6.10 Å². The number of rotatable bonds is 3. The number of carbonyl (C=O) groups is 2. The molecule has 3 aromatic rings. The van der Waals surface area contributed by atoms with Gasteiger partial charge in [-0.05, 0) is 64.8 Å². The molecule has 2 aromatic heterocycles. The van der Waals surface area contributed by atoms with Crippen LogP contribution in [0.4, 0.5) is 11.4 Å². The van der Waals surface area contributed by atoms with Crippen molar-refractivity contribution in [3.8, 4) is 5.75 Å². The number of ether oxygens (including phenoxy) is 1. The van der Waals surface area contributed by atoms with E-state index in [2.05, 4.69) is 31.4 Å². The van der Waals surface area contributed by atoms with Crippen LogP contribution in [-0.4, -0.2) is 32.7 Å². The summed E-state index contributed by atoms with van der Waals surface area (Å²) in [4.78, 5) is 30.2. The Hall–Kier alpha value is -3.42. The van der Waals surface area contributed by atoms with Crippen molar-refractivity contribution in [3.05, 3.63) is 41.2 Å². The molecule has 1 aliphatic heterocycles. The highest BCUT2D eigenvalue weighted by Gasteiger charge is 2.26. The van der Waals surface area contributed by atoms with Gasteiger partial charge in [0.05, 0.1) is 27.9 Å². The quantitative estimate of drug-likeness (QED) is 0.627. The van der Waals surface area contributed by atoms with Crippen LogP contribution in [0, 0.1) is 6.92 Å². The van der Waals surface area contributed by atoms with Crippen LogP contribution in [0.3, 0.4) is 0 Å². The molecule has 0 spiro atoms. The van der Waals surface area contributed by atoms with Gasteiger partial charge in [-0.2, -0.15) is 5.10 Å². The number of aromatic nitrogens is 3. The Labute approximate surface area is 187 Å². The van der Waals surface area contributed by atoms with Crippen LogP contribution in [0.2, 0.25) is 0 Å². The van der Waals surface area contributed by atoms with Crippen molar-refractivity contribution in [2.45, 2.75) is 66.0 Å². The van der Waals surface area contributed by atoms with Gasteiger partial charge in [-0.25, -0.2) is 9.67 Å². The van der Waals surface area contributed by atoms with E-state index in [1.807, 2.05) is 31.5 Å². The summed E-state index contributed by atoms with van der Waals surface area (Å²) in [5, 5.41) is 11.2. The number of hydrogen-bond donors (Lipinski definition) is 2. The maximum absolute atomic E-state index is 13.4. The molecule has 3 heterocycles. The summed E-state index contributed by atoms with van der Waals surface area (Å²) in [6.07, 6.45) is -0.551. The summed E-state index contributed by atoms with van der Waals surface area (Å²) in [7, 11) is 0. The Morgan fingerprint density at radius 3 is 2.62 bits per heavy atom. The number of benzene rings is 1. The van der Waals surface area contributed by atoms with E-state index in [4.69, 9.17) is 14.8 Å². The first-order valence-corrected chi connectivity index (χ1v) is 10.8. The summed E-state index contributed by atoms with van der Waals surface area (Å²) in [6, 6.07) is 7.04. The second-order valence-corrected chi connectivity index (χ2v) is 9.53. The van der Waals surface area contributed by atoms with Gasteiger partial charge < -0.3 is 15.4 Å². The monoisotopic (exact) mass is 435 g/mol. The second-order valence-electron chi connectivity index (χ2n) is 9.53. The SMILES string of the molecule is Cc1nn(C(C)(C)C)c2nc(C(C)C)cc(C(=O)Nc3ccc4c(c3)NC(=O)C(C)O4)c12. The lowest BCUT2D eigenvalue weighted by molar-refractivity contribution is -0.122. The van der Waals surface area contributed by atoms with Crippen molar-refractivity contribution >= 4 is 34.2 Å². The molecule has 0 bridgehead atoms. The van der Waals surface area contributed by atoms with Crippen LogP contribution in [0.1, 0.15) is 69.2 Å². The molecule has 8 heteroatoms.